The van der Waals surface area contributed by atoms with Crippen LogP contribution in [0.1, 0.15) is 10.4 Å². The molecule has 1 N–H and O–H groups in total. The Morgan fingerprint density at radius 2 is 2.00 bits per heavy atom. The Balaban J connectivity index is 2.27. The molecule has 1 amide bonds. The summed E-state index contributed by atoms with van der Waals surface area (Å²) in [6.45, 7) is 0. The lowest BCUT2D eigenvalue weighted by molar-refractivity contribution is 0.102. The number of ether oxygens (including phenoxy) is 2. The largest absolute Gasteiger partial charge is 0.497 e. The number of amides is 1. The Morgan fingerprint density at radius 3 is 2.63 bits per heavy atom. The third-order valence-corrected chi connectivity index (χ3v) is 2.56. The van der Waals surface area contributed by atoms with E-state index in [9.17, 15) is 4.79 Å². The van der Waals surface area contributed by atoms with E-state index in [4.69, 9.17) is 9.47 Å². The first-order chi connectivity index (χ1) is 9.24. The Bertz CT molecular complexity index is 570. The van der Waals surface area contributed by atoms with Gasteiger partial charge >= 0.3 is 0 Å². The van der Waals surface area contributed by atoms with E-state index in [0.29, 0.717) is 22.9 Å². The van der Waals surface area contributed by atoms with Gasteiger partial charge in [0.15, 0.2) is 0 Å². The molecule has 0 aliphatic heterocycles. The molecule has 0 aliphatic carbocycles. The number of pyridine rings is 1. The van der Waals surface area contributed by atoms with Crippen LogP contribution in [0.2, 0.25) is 0 Å². The molecule has 0 spiro atoms. The summed E-state index contributed by atoms with van der Waals surface area (Å²) in [6.07, 6.45) is 1.61. The number of nitrogens with zero attached hydrogens (tertiary/aromatic N) is 1. The average molecular weight is 258 g/mol. The average Bonchev–Trinajstić information content (AvgIpc) is 2.47. The fraction of sp³-hybridized carbons (Fsp3) is 0.143. The number of methoxy groups -OCH3 is 2. The van der Waals surface area contributed by atoms with Crippen LogP contribution in [-0.4, -0.2) is 25.1 Å². The van der Waals surface area contributed by atoms with Crippen LogP contribution >= 0.6 is 0 Å². The van der Waals surface area contributed by atoms with Crippen LogP contribution in [0.3, 0.4) is 0 Å². The van der Waals surface area contributed by atoms with Crippen molar-refractivity contribution >= 4 is 11.7 Å². The molecule has 0 saturated carbocycles. The molecule has 98 valence electrons. The first-order valence-electron chi connectivity index (χ1n) is 5.69. The molecule has 0 aliphatic rings. The molecule has 1 aromatic heterocycles. The molecule has 1 heterocycles. The molecular formula is C14H14N2O3. The second-order valence-electron chi connectivity index (χ2n) is 3.74. The first kappa shape index (κ1) is 12.9. The van der Waals surface area contributed by atoms with Gasteiger partial charge in [-0.05, 0) is 30.3 Å². The summed E-state index contributed by atoms with van der Waals surface area (Å²) in [4.78, 5) is 16.2. The van der Waals surface area contributed by atoms with E-state index in [1.54, 1.807) is 49.7 Å². The lowest BCUT2D eigenvalue weighted by Crippen LogP contribution is -2.14. The van der Waals surface area contributed by atoms with Crippen molar-refractivity contribution in [1.82, 2.24) is 4.98 Å². The first-order valence-corrected chi connectivity index (χ1v) is 5.69. The highest BCUT2D eigenvalue weighted by Crippen LogP contribution is 2.24. The molecule has 5 heteroatoms. The monoisotopic (exact) mass is 258 g/mol. The zero-order valence-electron chi connectivity index (χ0n) is 10.7. The van der Waals surface area contributed by atoms with Crippen LogP contribution in [0.15, 0.2) is 42.6 Å². The van der Waals surface area contributed by atoms with Crippen molar-refractivity contribution in [2.24, 2.45) is 0 Å². The summed E-state index contributed by atoms with van der Waals surface area (Å²) in [7, 11) is 3.06. The van der Waals surface area contributed by atoms with Gasteiger partial charge in [0.05, 0.1) is 19.8 Å². The minimum Gasteiger partial charge on any atom is -0.497 e. The molecule has 2 rings (SSSR count). The Hall–Kier alpha value is -2.56. The van der Waals surface area contributed by atoms with Crippen LogP contribution in [0.5, 0.6) is 11.5 Å². The van der Waals surface area contributed by atoms with Crippen LogP contribution in [0.4, 0.5) is 5.82 Å². The van der Waals surface area contributed by atoms with Gasteiger partial charge in [0.1, 0.15) is 17.3 Å². The maximum Gasteiger partial charge on any atom is 0.260 e. The second-order valence-corrected chi connectivity index (χ2v) is 3.74. The van der Waals surface area contributed by atoms with Crippen molar-refractivity contribution in [3.05, 3.63) is 48.2 Å². The summed E-state index contributed by atoms with van der Waals surface area (Å²) in [5.41, 5.74) is 0.396. The van der Waals surface area contributed by atoms with Crippen LogP contribution < -0.4 is 14.8 Å². The maximum atomic E-state index is 12.2. The second kappa shape index (κ2) is 5.86. The number of carbonyl (C=O) groups excluding carboxylic acids is 1. The van der Waals surface area contributed by atoms with Crippen molar-refractivity contribution in [3.8, 4) is 11.5 Å². The molecule has 2 aromatic rings. The van der Waals surface area contributed by atoms with Gasteiger partial charge in [-0.1, -0.05) is 6.07 Å². The number of benzene rings is 1. The van der Waals surface area contributed by atoms with Gasteiger partial charge in [-0.25, -0.2) is 4.98 Å². The Morgan fingerprint density at radius 1 is 1.16 bits per heavy atom. The Kier molecular flexibility index (Phi) is 3.97. The number of hydrogen-bond donors (Lipinski definition) is 1. The minimum atomic E-state index is -0.297. The standard InChI is InChI=1S/C14H14N2O3/c1-18-10-6-7-12(19-2)11(9-10)14(17)16-13-5-3-4-8-15-13/h3-9H,1-2H3,(H,15,16,17). The van der Waals surface area contributed by atoms with Gasteiger partial charge < -0.3 is 14.8 Å². The van der Waals surface area contributed by atoms with E-state index < -0.39 is 0 Å². The smallest absolute Gasteiger partial charge is 0.260 e. The van der Waals surface area contributed by atoms with E-state index >= 15 is 0 Å². The summed E-state index contributed by atoms with van der Waals surface area (Å²) in [6, 6.07) is 10.3. The molecule has 0 radical (unpaired) electrons. The molecule has 0 atom stereocenters. The topological polar surface area (TPSA) is 60.5 Å². The van der Waals surface area contributed by atoms with Crippen LogP contribution in [0.25, 0.3) is 0 Å². The van der Waals surface area contributed by atoms with Gasteiger partial charge in [0.2, 0.25) is 0 Å². The van der Waals surface area contributed by atoms with E-state index in [1.807, 2.05) is 0 Å². The summed E-state index contributed by atoms with van der Waals surface area (Å²) >= 11 is 0. The van der Waals surface area contributed by atoms with Crippen molar-refractivity contribution < 1.29 is 14.3 Å². The molecule has 5 nitrogen and oxygen atoms in total. The zero-order chi connectivity index (χ0) is 13.7. The SMILES string of the molecule is COc1ccc(OC)c(C(=O)Nc2ccccn2)c1. The van der Waals surface area contributed by atoms with Gasteiger partial charge in [-0.2, -0.15) is 0 Å². The highest BCUT2D eigenvalue weighted by Gasteiger charge is 2.14. The molecule has 0 fully saturated rings. The molecule has 0 bridgehead atoms. The lowest BCUT2D eigenvalue weighted by Gasteiger charge is -2.10. The fourth-order valence-electron chi connectivity index (χ4n) is 1.61. The van der Waals surface area contributed by atoms with Gasteiger partial charge in [0.25, 0.3) is 5.91 Å². The van der Waals surface area contributed by atoms with E-state index in [1.165, 1.54) is 7.11 Å². The number of rotatable bonds is 4. The number of hydrogen-bond acceptors (Lipinski definition) is 4. The van der Waals surface area contributed by atoms with Crippen LogP contribution in [-0.2, 0) is 0 Å². The number of carbonyl (C=O) groups is 1. The maximum absolute atomic E-state index is 12.2. The van der Waals surface area contributed by atoms with Gasteiger partial charge in [0, 0.05) is 6.20 Å². The minimum absolute atomic E-state index is 0.297. The third-order valence-electron chi connectivity index (χ3n) is 2.56. The predicted octanol–water partition coefficient (Wildman–Crippen LogP) is 2.35. The van der Waals surface area contributed by atoms with E-state index in [2.05, 4.69) is 10.3 Å². The summed E-state index contributed by atoms with van der Waals surface area (Å²) in [5.74, 6) is 1.26. The molecule has 0 saturated heterocycles. The lowest BCUT2D eigenvalue weighted by atomic mass is 10.1. The highest BCUT2D eigenvalue weighted by atomic mass is 16.5. The number of anilines is 1. The van der Waals surface area contributed by atoms with Gasteiger partial charge in [-0.15, -0.1) is 0 Å². The number of nitrogens with one attached hydrogen (secondary N) is 1. The number of aromatic nitrogens is 1. The highest BCUT2D eigenvalue weighted by molar-refractivity contribution is 6.06. The Labute approximate surface area is 111 Å². The van der Waals surface area contributed by atoms with Crippen LogP contribution in [0, 0.1) is 0 Å². The summed E-state index contributed by atoms with van der Waals surface area (Å²) in [5, 5.41) is 2.70. The molecule has 19 heavy (non-hydrogen) atoms. The fourth-order valence-corrected chi connectivity index (χ4v) is 1.61. The van der Waals surface area contributed by atoms with Crippen molar-refractivity contribution in [1.29, 1.82) is 0 Å². The predicted molar refractivity (Wildman–Crippen MR) is 71.7 cm³/mol. The molecule has 1 aromatic carbocycles. The quantitative estimate of drug-likeness (QED) is 0.914. The van der Waals surface area contributed by atoms with E-state index in [-0.39, 0.29) is 5.91 Å². The molecular weight excluding hydrogens is 244 g/mol. The van der Waals surface area contributed by atoms with E-state index in [0.717, 1.165) is 0 Å². The van der Waals surface area contributed by atoms with Gasteiger partial charge in [-0.3, -0.25) is 4.79 Å². The van der Waals surface area contributed by atoms with Crippen molar-refractivity contribution in [3.63, 3.8) is 0 Å². The molecule has 0 unspecified atom stereocenters. The zero-order valence-corrected chi connectivity index (χ0v) is 10.7. The normalized spacial score (nSPS) is 9.79. The van der Waals surface area contributed by atoms with Crippen molar-refractivity contribution in [2.75, 3.05) is 19.5 Å². The summed E-state index contributed by atoms with van der Waals surface area (Å²) < 4.78 is 10.3. The van der Waals surface area contributed by atoms with Crippen molar-refractivity contribution in [2.45, 2.75) is 0 Å². The third kappa shape index (κ3) is 3.01.